The van der Waals surface area contributed by atoms with Crippen molar-refractivity contribution in [2.24, 2.45) is 0 Å². The highest BCUT2D eigenvalue weighted by molar-refractivity contribution is 5.91. The molecule has 5 rings (SSSR count). The lowest BCUT2D eigenvalue weighted by Gasteiger charge is -2.35. The smallest absolute Gasteiger partial charge is 0.132 e. The van der Waals surface area contributed by atoms with E-state index in [1.165, 1.54) is 21.9 Å². The first kappa shape index (κ1) is 19.3. The van der Waals surface area contributed by atoms with Crippen LogP contribution >= 0.6 is 0 Å². The van der Waals surface area contributed by atoms with Gasteiger partial charge >= 0.3 is 0 Å². The van der Waals surface area contributed by atoms with Crippen LogP contribution in [0.4, 0.5) is 0 Å². The summed E-state index contributed by atoms with van der Waals surface area (Å²) in [6.07, 6.45) is 2.23. The second kappa shape index (κ2) is 7.51. The van der Waals surface area contributed by atoms with Crippen LogP contribution in [0.5, 0.6) is 17.2 Å². The number of hydrogen-bond acceptors (Lipinski definition) is 3. The van der Waals surface area contributed by atoms with E-state index in [0.717, 1.165) is 28.6 Å². The van der Waals surface area contributed by atoms with Gasteiger partial charge < -0.3 is 14.2 Å². The number of fused-ring (bicyclic) bond motifs is 3. The molecule has 1 aliphatic rings. The standard InChI is InChI=1S/C28H24O3/c1-28(21-11-15-23(30-3)16-12-21)18-26(20-8-13-22(29-2)14-9-20)31-25-17-10-19-6-4-5-7-24(19)27(25)28/h4-18H,1-3H3. The van der Waals surface area contributed by atoms with Gasteiger partial charge in [0.2, 0.25) is 0 Å². The van der Waals surface area contributed by atoms with Crippen molar-refractivity contribution in [3.63, 3.8) is 0 Å². The Morgan fingerprint density at radius 1 is 0.710 bits per heavy atom. The third kappa shape index (κ3) is 3.23. The van der Waals surface area contributed by atoms with Crippen LogP contribution in [0.2, 0.25) is 0 Å². The Bertz CT molecular complexity index is 1270. The minimum absolute atomic E-state index is 0.379. The molecule has 0 aliphatic carbocycles. The Labute approximate surface area is 182 Å². The minimum atomic E-state index is -0.379. The van der Waals surface area contributed by atoms with Crippen LogP contribution in [0.3, 0.4) is 0 Å². The normalized spacial score (nSPS) is 17.5. The van der Waals surface area contributed by atoms with E-state index in [1.54, 1.807) is 14.2 Å². The Hall–Kier alpha value is -3.72. The second-order valence-corrected chi connectivity index (χ2v) is 7.93. The molecule has 0 saturated carbocycles. The molecule has 1 aliphatic heterocycles. The first-order valence-corrected chi connectivity index (χ1v) is 10.3. The number of ether oxygens (including phenoxy) is 3. The van der Waals surface area contributed by atoms with Crippen molar-refractivity contribution in [1.82, 2.24) is 0 Å². The fraction of sp³-hybridized carbons (Fsp3) is 0.143. The van der Waals surface area contributed by atoms with Gasteiger partial charge in [0.05, 0.1) is 14.2 Å². The number of rotatable bonds is 4. The van der Waals surface area contributed by atoms with Gasteiger partial charge in [-0.2, -0.15) is 0 Å². The van der Waals surface area contributed by atoms with Crippen molar-refractivity contribution >= 4 is 16.5 Å². The summed E-state index contributed by atoms with van der Waals surface area (Å²) in [5, 5.41) is 2.40. The fourth-order valence-electron chi connectivity index (χ4n) is 4.42. The van der Waals surface area contributed by atoms with Gasteiger partial charge in [0.15, 0.2) is 0 Å². The summed E-state index contributed by atoms with van der Waals surface area (Å²) in [6.45, 7) is 2.26. The SMILES string of the molecule is COc1ccc(C2=CC(C)(c3ccc(OC)cc3)c3c(ccc4ccccc34)O2)cc1. The van der Waals surface area contributed by atoms with Crippen molar-refractivity contribution in [3.05, 3.63) is 108 Å². The number of allylic oxidation sites excluding steroid dienone is 1. The van der Waals surface area contributed by atoms with Gasteiger partial charge in [0, 0.05) is 16.5 Å². The third-order valence-electron chi connectivity index (χ3n) is 6.11. The average Bonchev–Trinajstić information content (AvgIpc) is 2.83. The summed E-state index contributed by atoms with van der Waals surface area (Å²) in [6, 6.07) is 29.0. The minimum Gasteiger partial charge on any atom is -0.497 e. The lowest BCUT2D eigenvalue weighted by atomic mass is 9.72. The molecule has 0 aromatic heterocycles. The Morgan fingerprint density at radius 3 is 2.03 bits per heavy atom. The first-order valence-electron chi connectivity index (χ1n) is 10.3. The lowest BCUT2D eigenvalue weighted by Crippen LogP contribution is -2.26. The molecule has 4 aromatic carbocycles. The van der Waals surface area contributed by atoms with E-state index in [4.69, 9.17) is 14.2 Å². The number of methoxy groups -OCH3 is 2. The summed E-state index contributed by atoms with van der Waals surface area (Å²) in [5.74, 6) is 3.38. The molecule has 4 aromatic rings. The van der Waals surface area contributed by atoms with Crippen molar-refractivity contribution in [3.8, 4) is 17.2 Å². The predicted octanol–water partition coefficient (Wildman–Crippen LogP) is 6.60. The van der Waals surface area contributed by atoms with Crippen LogP contribution in [0, 0.1) is 0 Å². The molecule has 0 fully saturated rings. The van der Waals surface area contributed by atoms with Crippen LogP contribution in [-0.4, -0.2) is 14.2 Å². The molecule has 1 unspecified atom stereocenters. The molecule has 3 nitrogen and oxygen atoms in total. The molecule has 0 saturated heterocycles. The molecule has 31 heavy (non-hydrogen) atoms. The average molecular weight is 408 g/mol. The Morgan fingerprint density at radius 2 is 1.35 bits per heavy atom. The summed E-state index contributed by atoms with van der Waals surface area (Å²) < 4.78 is 17.2. The van der Waals surface area contributed by atoms with Crippen molar-refractivity contribution in [1.29, 1.82) is 0 Å². The van der Waals surface area contributed by atoms with E-state index in [0.29, 0.717) is 0 Å². The van der Waals surface area contributed by atoms with Crippen molar-refractivity contribution in [2.75, 3.05) is 14.2 Å². The highest BCUT2D eigenvalue weighted by atomic mass is 16.5. The van der Waals surface area contributed by atoms with Gasteiger partial charge in [-0.3, -0.25) is 0 Å². The predicted molar refractivity (Wildman–Crippen MR) is 125 cm³/mol. The lowest BCUT2D eigenvalue weighted by molar-refractivity contribution is 0.414. The summed E-state index contributed by atoms with van der Waals surface area (Å²) >= 11 is 0. The van der Waals surface area contributed by atoms with E-state index in [9.17, 15) is 0 Å². The van der Waals surface area contributed by atoms with E-state index < -0.39 is 0 Å². The van der Waals surface area contributed by atoms with Crippen LogP contribution in [0.25, 0.3) is 16.5 Å². The third-order valence-corrected chi connectivity index (χ3v) is 6.11. The van der Waals surface area contributed by atoms with Crippen molar-refractivity contribution < 1.29 is 14.2 Å². The summed E-state index contributed by atoms with van der Waals surface area (Å²) in [5.41, 5.74) is 2.99. The first-order chi connectivity index (χ1) is 15.1. The quantitative estimate of drug-likeness (QED) is 0.381. The van der Waals surface area contributed by atoms with Crippen LogP contribution in [0.15, 0.2) is 91.0 Å². The van der Waals surface area contributed by atoms with Gasteiger partial charge in [-0.25, -0.2) is 0 Å². The Balaban J connectivity index is 1.74. The molecule has 154 valence electrons. The van der Waals surface area contributed by atoms with E-state index in [2.05, 4.69) is 61.5 Å². The van der Waals surface area contributed by atoms with E-state index in [1.807, 2.05) is 36.4 Å². The number of hydrogen-bond donors (Lipinski definition) is 0. The molecular formula is C28H24O3. The van der Waals surface area contributed by atoms with Gasteiger partial charge in [-0.15, -0.1) is 0 Å². The van der Waals surface area contributed by atoms with Gasteiger partial charge in [0.25, 0.3) is 0 Å². The van der Waals surface area contributed by atoms with Crippen molar-refractivity contribution in [2.45, 2.75) is 12.3 Å². The van der Waals surface area contributed by atoms with Crippen LogP contribution in [-0.2, 0) is 5.41 Å². The zero-order valence-electron chi connectivity index (χ0n) is 17.9. The maximum absolute atomic E-state index is 6.46. The zero-order chi connectivity index (χ0) is 21.4. The number of benzene rings is 4. The molecule has 0 N–H and O–H groups in total. The topological polar surface area (TPSA) is 27.7 Å². The molecular weight excluding hydrogens is 384 g/mol. The maximum atomic E-state index is 6.46. The van der Waals surface area contributed by atoms with Gasteiger partial charge in [0.1, 0.15) is 23.0 Å². The Kier molecular flexibility index (Phi) is 4.67. The van der Waals surface area contributed by atoms with Crippen LogP contribution < -0.4 is 14.2 Å². The maximum Gasteiger partial charge on any atom is 0.132 e. The monoisotopic (exact) mass is 408 g/mol. The van der Waals surface area contributed by atoms with Crippen LogP contribution in [0.1, 0.15) is 23.6 Å². The van der Waals surface area contributed by atoms with Gasteiger partial charge in [-0.1, -0.05) is 42.5 Å². The van der Waals surface area contributed by atoms with E-state index in [-0.39, 0.29) is 5.41 Å². The molecule has 0 bridgehead atoms. The molecule has 1 heterocycles. The second-order valence-electron chi connectivity index (χ2n) is 7.93. The zero-order valence-corrected chi connectivity index (χ0v) is 17.9. The summed E-state index contributed by atoms with van der Waals surface area (Å²) in [7, 11) is 3.36. The highest BCUT2D eigenvalue weighted by Gasteiger charge is 2.36. The van der Waals surface area contributed by atoms with Gasteiger partial charge in [-0.05, 0) is 71.8 Å². The molecule has 0 spiro atoms. The summed E-state index contributed by atoms with van der Waals surface area (Å²) in [4.78, 5) is 0. The molecule has 0 radical (unpaired) electrons. The highest BCUT2D eigenvalue weighted by Crippen LogP contribution is 2.48. The molecule has 1 atom stereocenters. The largest absolute Gasteiger partial charge is 0.497 e. The fourth-order valence-corrected chi connectivity index (χ4v) is 4.42. The molecule has 0 amide bonds. The molecule has 3 heteroatoms. The van der Waals surface area contributed by atoms with E-state index >= 15 is 0 Å².